The third-order valence-electron chi connectivity index (χ3n) is 25.2. The molecule has 140 heavy (non-hydrogen) atoms. The van der Waals surface area contributed by atoms with Gasteiger partial charge in [-0.3, -0.25) is 121 Å². The molecule has 0 aromatic rings. The van der Waals surface area contributed by atoms with Crippen molar-refractivity contribution in [2.45, 2.75) is 291 Å². The summed E-state index contributed by atoms with van der Waals surface area (Å²) < 4.78 is 0. The number of carbonyl (C=O) groups excluding carboxylic acids is 20. The molecule has 50 heteroatoms. The van der Waals surface area contributed by atoms with Crippen molar-refractivity contribution < 1.29 is 120 Å². The van der Waals surface area contributed by atoms with Gasteiger partial charge in [0.25, 0.3) is 59.1 Å². The molecule has 20 amide bonds. The van der Waals surface area contributed by atoms with Gasteiger partial charge < -0.3 is 77.4 Å². The van der Waals surface area contributed by atoms with Crippen molar-refractivity contribution in [1.29, 1.82) is 0 Å². The zero-order valence-corrected chi connectivity index (χ0v) is 88.3. The summed E-state index contributed by atoms with van der Waals surface area (Å²) in [5, 5.41) is 28.2. The first kappa shape index (κ1) is 127. The highest BCUT2D eigenvalue weighted by atomic mass is 16.8. The molecule has 0 saturated carbocycles. The van der Waals surface area contributed by atoms with E-state index in [9.17, 15) is 95.9 Å². The summed E-state index contributed by atoms with van der Waals surface area (Å²) in [6.45, 7) is 37.8. The van der Waals surface area contributed by atoms with Gasteiger partial charge in [0.2, 0.25) is 29.5 Å². The minimum atomic E-state index is -0.768. The number of nitrogens with zero attached hydrogens (tertiary/aromatic N) is 15. The van der Waals surface area contributed by atoms with Crippen LogP contribution >= 0.6 is 0 Å². The molecule has 0 radical (unpaired) electrons. The molecule has 10 saturated heterocycles. The van der Waals surface area contributed by atoms with E-state index in [4.69, 9.17) is 0 Å². The monoisotopic (exact) mass is 2050 g/mol. The van der Waals surface area contributed by atoms with E-state index in [1.165, 1.54) is 0 Å². The van der Waals surface area contributed by atoms with Gasteiger partial charge in [-0.25, -0.2) is 24.0 Å². The van der Waals surface area contributed by atoms with Crippen molar-refractivity contribution in [3.05, 3.63) is 0 Å². The summed E-state index contributed by atoms with van der Waals surface area (Å²) in [4.78, 5) is 268. The Morgan fingerprint density at radius 3 is 0.443 bits per heavy atom. The fourth-order valence-corrected chi connectivity index (χ4v) is 16.1. The standard InChI is InChI=1S/5C10H21N3O.5C8H12N2O4/c5*1-7-6-12(4)9(10(14)11-3)8(2)13(7)5;5*1-2-5-9-8(13)14-10-6(11)3-4-7(10)12/h5*7-9H,6H2,1-5H3,(H,11,14);5*2-5H2,1H3,(H,9,13)/i3+1,4+1,5+1,6+1,7+1,12+1,13+1;3+1,4+1,5+1,6+1,12+1,13+1;3+1,4+1,5+1,6+1,7+1,13+1;3+1,4+1,5+1,6+1,7+1,11+1;1+1,3+1,4+1,5+1,6+1,7+1;1+1,2+1,5+1,9+1;3*1+1,2+1,5+1,8+1;1+1,2+1,5+1. The summed E-state index contributed by atoms with van der Waals surface area (Å²) in [6.07, 6.45) is 1.07. The number of imide groups is 5. The van der Waals surface area contributed by atoms with E-state index >= 15 is 0 Å². The van der Waals surface area contributed by atoms with Crippen molar-refractivity contribution in [3.63, 3.8) is 0 Å². The first-order valence-corrected chi connectivity index (χ1v) is 47.9. The van der Waals surface area contributed by atoms with E-state index in [0.29, 0.717) is 88.2 Å². The number of nitrogens with one attached hydrogen (secondary N) is 10. The third-order valence-corrected chi connectivity index (χ3v) is 25.2. The normalized spacial score (nSPS) is 25.8. The van der Waals surface area contributed by atoms with Gasteiger partial charge in [-0.1, -0.05) is 34.6 Å². The fourth-order valence-electron chi connectivity index (χ4n) is 16.1. The van der Waals surface area contributed by atoms with Gasteiger partial charge in [0.15, 0.2) is 0 Å². The molecule has 800 valence electrons. The maximum atomic E-state index is 11.7. The number of hydroxylamine groups is 10. The smallest absolute Gasteiger partial charge is 0.358 e. The Morgan fingerprint density at radius 1 is 0.229 bits per heavy atom. The maximum absolute atomic E-state index is 11.7. The first-order valence-electron chi connectivity index (χ1n) is 47.9. The molecule has 0 aromatic carbocycles. The largest absolute Gasteiger partial charge is 0.432 e. The SMILES string of the molecule is CC1C(C(=O)N[13CH3])N([13CH3])[13CH2][13CH](C)[15N]1[13CH3].CC1C(C(=O)N[13CH3])N([13CH3])[13CH2][13CH]([13CH3])N1[13CH3].CC1C(C(=O)N[13CH3])[15N]([13CH3])[13CH2][13CH](C)[15N]1[13CH3].CC1C(C(=O)[15NH][13CH3])N([13CH3])[13CH2][13CH](C)N1[13CH3].CC1[13CH2][15N]([13CH3])C(C(=O)N[13CH3])C(C)[15N]1[13CH3].[13CH3][13CH2][13CH2]NC(=O)ON1C(=O)CCC1=O.[13CH3][13CH2][13CH2]N[13C](=O)ON1C(=O)CCC1=O.[13CH3][13CH2][13CH2]N[13C](=O)ON1C(=O)CCC1=O.[13CH3][13CH2][13CH2]N[13C](=O)ON1C(=O)CCC1=O.[13CH3][13CH2][13CH2][15NH]C(=O)ON1C(=O)CCC1=O. The van der Waals surface area contributed by atoms with Gasteiger partial charge in [-0.15, -0.1) is 25.3 Å². The second kappa shape index (κ2) is 64.4. The minimum absolute atomic E-state index is 0.0267. The van der Waals surface area contributed by atoms with Crippen LogP contribution in [-0.4, -0.2) is 455 Å². The van der Waals surface area contributed by atoms with E-state index in [1.54, 1.807) is 35.2 Å². The lowest BCUT2D eigenvalue weighted by Crippen LogP contribution is -2.63. The van der Waals surface area contributed by atoms with Crippen LogP contribution in [0, 0.1) is 0 Å². The number of piperazine rings is 5. The van der Waals surface area contributed by atoms with Gasteiger partial charge in [-0.05, 0) is 172 Å². The Bertz CT molecular complexity index is 3420. The number of likely N-dealkylation sites (N-methyl/N-ethyl adjacent to an activating group) is 15. The third kappa shape index (κ3) is 40.2. The van der Waals surface area contributed by atoms with Crippen LogP contribution in [0.5, 0.6) is 0 Å². The zero-order valence-electron chi connectivity index (χ0n) is 88.3. The molecule has 10 aliphatic heterocycles. The van der Waals surface area contributed by atoms with Gasteiger partial charge in [-0.2, -0.15) is 0 Å². The maximum Gasteiger partial charge on any atom is 0.432 e. The van der Waals surface area contributed by atoms with Gasteiger partial charge in [0, 0.05) is 225 Å². The molecule has 0 aromatic heterocycles. The molecule has 10 fully saturated rings. The van der Waals surface area contributed by atoms with Gasteiger partial charge in [0.05, 0.1) is 0 Å². The predicted octanol–water partition coefficient (Wildman–Crippen LogP) is -0.291. The lowest BCUT2D eigenvalue weighted by molar-refractivity contribution is -0.172. The summed E-state index contributed by atoms with van der Waals surface area (Å²) in [7, 11) is 29.0. The predicted molar refractivity (Wildman–Crippen MR) is 515 cm³/mol. The van der Waals surface area contributed by atoms with Crippen molar-refractivity contribution in [2.75, 3.05) is 171 Å². The fraction of sp³-hybridized carbons (Fsp3) is 0.778. The molecule has 15 atom stereocenters. The second-order valence-corrected chi connectivity index (χ2v) is 35.7. The van der Waals surface area contributed by atoms with Crippen LogP contribution in [0.3, 0.4) is 0 Å². The van der Waals surface area contributed by atoms with E-state index in [1.807, 2.05) is 69.9 Å². The average Bonchev–Trinajstić information content (AvgIpc) is 1.09. The lowest BCUT2D eigenvalue weighted by atomic mass is 10.1. The quantitative estimate of drug-likeness (QED) is 0.0425. The summed E-state index contributed by atoms with van der Waals surface area (Å²) in [5.41, 5.74) is 0. The van der Waals surface area contributed by atoms with Crippen LogP contribution in [0.4, 0.5) is 24.0 Å². The summed E-state index contributed by atoms with van der Waals surface area (Å²) in [5.74, 6) is -4.16. The molecule has 10 rings (SSSR count). The Hall–Kier alpha value is -11.0. The van der Waals surface area contributed by atoms with E-state index in [2.05, 4.69) is 231 Å². The molecule has 0 aliphatic carbocycles. The highest BCUT2D eigenvalue weighted by molar-refractivity contribution is 6.04. The number of carbonyl (C=O) groups is 20. The van der Waals surface area contributed by atoms with Crippen molar-refractivity contribution >= 4 is 119 Å². The summed E-state index contributed by atoms with van der Waals surface area (Å²) >= 11 is 0. The van der Waals surface area contributed by atoms with Crippen LogP contribution < -0.4 is 53.2 Å². The molecule has 15 unspecified atom stereocenters. The zero-order chi connectivity index (χ0) is 107. The Kier molecular flexibility index (Phi) is 58.5. The topological polar surface area (TPSA) is 556 Å². The minimum Gasteiger partial charge on any atom is -0.358 e. The second-order valence-electron chi connectivity index (χ2n) is 35.7. The number of hydrogen-bond donors (Lipinski definition) is 10. The number of rotatable bonds is 20. The Balaban J connectivity index is 0.000000778. The van der Waals surface area contributed by atoms with E-state index < -0.39 is 89.5 Å². The molecule has 0 spiro atoms. The average molecular weight is 2050 g/mol. The van der Waals surface area contributed by atoms with Gasteiger partial charge >= 0.3 is 30.5 Å². The first-order chi connectivity index (χ1) is 65.7. The molecule has 50 nitrogen and oxygen atoms in total. The molecule has 0 bridgehead atoms. The van der Waals surface area contributed by atoms with E-state index in [0.717, 1.165) is 64.8 Å². The highest BCUT2D eigenvalue weighted by Gasteiger charge is 2.45. The van der Waals surface area contributed by atoms with Gasteiger partial charge in [0.1, 0.15) is 30.2 Å². The number of amides is 20. The summed E-state index contributed by atoms with van der Waals surface area (Å²) in [6, 6.07) is 3.75. The number of hydrogen-bond acceptors (Lipinski definition) is 35. The Morgan fingerprint density at radius 2 is 0.343 bits per heavy atom. The molecule has 10 aliphatic rings. The molecule has 10 heterocycles. The molecule has 10 N–H and O–H groups in total. The van der Waals surface area contributed by atoms with Crippen molar-refractivity contribution in [1.82, 2.24) is 127 Å². The van der Waals surface area contributed by atoms with Crippen LogP contribution in [-0.2, 0) is 96.1 Å². The van der Waals surface area contributed by atoms with Crippen LogP contribution in [0.1, 0.15) is 200 Å². The Labute approximate surface area is 825 Å². The van der Waals surface area contributed by atoms with Crippen molar-refractivity contribution in [2.24, 2.45) is 0 Å². The highest BCUT2D eigenvalue weighted by Crippen LogP contribution is 2.25. The van der Waals surface area contributed by atoms with Crippen LogP contribution in [0.25, 0.3) is 0 Å². The lowest BCUT2D eigenvalue weighted by Gasteiger charge is -2.46. The van der Waals surface area contributed by atoms with E-state index in [-0.39, 0.29) is 154 Å². The van der Waals surface area contributed by atoms with Crippen LogP contribution in [0.15, 0.2) is 0 Å². The molecular formula is C90H165N25O25. The van der Waals surface area contributed by atoms with Crippen molar-refractivity contribution in [3.8, 4) is 0 Å². The molecular weight excluding hydrogens is 1880 g/mol. The van der Waals surface area contributed by atoms with Crippen LogP contribution in [0.2, 0.25) is 0 Å².